The second kappa shape index (κ2) is 11.3. The lowest BCUT2D eigenvalue weighted by Gasteiger charge is -2.11. The Bertz CT molecular complexity index is 623. The first kappa shape index (κ1) is 19.0. The van der Waals surface area contributed by atoms with Gasteiger partial charge in [-0.05, 0) is 37.0 Å². The highest BCUT2D eigenvalue weighted by Gasteiger charge is 1.99. The fourth-order valence-electron chi connectivity index (χ4n) is 2.44. The molecule has 0 aromatic heterocycles. The van der Waals surface area contributed by atoms with Crippen molar-refractivity contribution in [3.8, 4) is 0 Å². The summed E-state index contributed by atoms with van der Waals surface area (Å²) in [7, 11) is 0. The number of nitrogens with zero attached hydrogens (tertiary/aromatic N) is 1. The van der Waals surface area contributed by atoms with Crippen molar-refractivity contribution in [3.63, 3.8) is 0 Å². The Morgan fingerprint density at radius 3 is 2.28 bits per heavy atom. The summed E-state index contributed by atoms with van der Waals surface area (Å²) >= 11 is 0. The zero-order chi connectivity index (χ0) is 17.7. The monoisotopic (exact) mass is 339 g/mol. The number of nitrogens with one attached hydrogen (secondary N) is 2. The summed E-state index contributed by atoms with van der Waals surface area (Å²) in [4.78, 5) is 4.67. The van der Waals surface area contributed by atoms with Crippen LogP contribution in [0.1, 0.15) is 30.5 Å². The van der Waals surface area contributed by atoms with E-state index in [1.54, 1.807) is 0 Å². The molecule has 0 aliphatic heterocycles. The fraction of sp³-hybridized carbons (Fsp3) is 0.381. The second-order valence-corrected chi connectivity index (χ2v) is 5.81. The van der Waals surface area contributed by atoms with Crippen LogP contribution in [0.3, 0.4) is 0 Å². The molecule has 4 heteroatoms. The highest BCUT2D eigenvalue weighted by Crippen LogP contribution is 2.07. The number of guanidine groups is 1. The van der Waals surface area contributed by atoms with Crippen molar-refractivity contribution in [2.75, 3.05) is 19.7 Å². The molecule has 0 heterocycles. The predicted molar refractivity (Wildman–Crippen MR) is 105 cm³/mol. The number of hydrogen-bond acceptors (Lipinski definition) is 2. The van der Waals surface area contributed by atoms with Gasteiger partial charge in [0, 0.05) is 19.7 Å². The molecule has 2 aromatic rings. The van der Waals surface area contributed by atoms with Crippen molar-refractivity contribution >= 4 is 5.96 Å². The molecule has 0 unspecified atom stereocenters. The van der Waals surface area contributed by atoms with Gasteiger partial charge in [0.1, 0.15) is 0 Å². The van der Waals surface area contributed by atoms with Crippen LogP contribution in [-0.4, -0.2) is 25.7 Å². The minimum atomic E-state index is 0.662. The first-order valence-electron chi connectivity index (χ1n) is 9.03. The summed E-state index contributed by atoms with van der Waals surface area (Å²) in [6.07, 6.45) is 0.984. The highest BCUT2D eigenvalue weighted by atomic mass is 16.5. The molecule has 25 heavy (non-hydrogen) atoms. The summed E-state index contributed by atoms with van der Waals surface area (Å²) in [5.41, 5.74) is 3.72. The lowest BCUT2D eigenvalue weighted by molar-refractivity contribution is 0.134. The molecule has 2 aromatic carbocycles. The Hall–Kier alpha value is -2.33. The highest BCUT2D eigenvalue weighted by molar-refractivity contribution is 5.79. The SMILES string of the molecule is CCNC(=NCc1ccc(COCC)cc1)NCCc1ccccc1. The number of benzene rings is 2. The molecule has 134 valence electrons. The number of hydrogen-bond donors (Lipinski definition) is 2. The normalized spacial score (nSPS) is 11.4. The second-order valence-electron chi connectivity index (χ2n) is 5.81. The van der Waals surface area contributed by atoms with Crippen LogP contribution in [0.5, 0.6) is 0 Å². The van der Waals surface area contributed by atoms with Crippen molar-refractivity contribution in [2.24, 2.45) is 4.99 Å². The number of ether oxygens (including phenoxy) is 1. The third-order valence-corrected chi connectivity index (χ3v) is 3.81. The summed E-state index contributed by atoms with van der Waals surface area (Å²) in [5, 5.41) is 6.69. The zero-order valence-electron chi connectivity index (χ0n) is 15.3. The third-order valence-electron chi connectivity index (χ3n) is 3.81. The van der Waals surface area contributed by atoms with E-state index in [-0.39, 0.29) is 0 Å². The molecular formula is C21H29N3O. The van der Waals surface area contributed by atoms with Gasteiger partial charge in [-0.2, -0.15) is 0 Å². The maximum absolute atomic E-state index is 5.42. The van der Waals surface area contributed by atoms with E-state index >= 15 is 0 Å². The Labute approximate surface area is 151 Å². The number of rotatable bonds is 9. The molecule has 0 bridgehead atoms. The van der Waals surface area contributed by atoms with Gasteiger partial charge < -0.3 is 15.4 Å². The fourth-order valence-corrected chi connectivity index (χ4v) is 2.44. The smallest absolute Gasteiger partial charge is 0.191 e. The Morgan fingerprint density at radius 1 is 0.880 bits per heavy atom. The molecule has 0 atom stereocenters. The molecule has 0 radical (unpaired) electrons. The minimum Gasteiger partial charge on any atom is -0.377 e. The van der Waals surface area contributed by atoms with Crippen molar-refractivity contribution in [2.45, 2.75) is 33.4 Å². The zero-order valence-corrected chi connectivity index (χ0v) is 15.3. The van der Waals surface area contributed by atoms with E-state index in [0.29, 0.717) is 13.2 Å². The van der Waals surface area contributed by atoms with Crippen molar-refractivity contribution in [1.29, 1.82) is 0 Å². The lowest BCUT2D eigenvalue weighted by atomic mass is 10.1. The molecule has 2 N–H and O–H groups in total. The van der Waals surface area contributed by atoms with Crippen molar-refractivity contribution in [3.05, 3.63) is 71.3 Å². The molecule has 0 spiro atoms. The van der Waals surface area contributed by atoms with Gasteiger partial charge >= 0.3 is 0 Å². The Balaban J connectivity index is 1.83. The Morgan fingerprint density at radius 2 is 1.60 bits per heavy atom. The van der Waals surface area contributed by atoms with E-state index in [1.165, 1.54) is 16.7 Å². The van der Waals surface area contributed by atoms with E-state index in [1.807, 2.05) is 13.0 Å². The standard InChI is InChI=1S/C21H29N3O/c1-3-22-21(23-15-14-18-8-6-5-7-9-18)24-16-19-10-12-20(13-11-19)17-25-4-2/h5-13H,3-4,14-17H2,1-2H3,(H2,22,23,24). The maximum Gasteiger partial charge on any atom is 0.191 e. The van der Waals surface area contributed by atoms with Crippen LogP contribution in [0.2, 0.25) is 0 Å². The van der Waals surface area contributed by atoms with Gasteiger partial charge in [-0.3, -0.25) is 0 Å². The summed E-state index contributed by atoms with van der Waals surface area (Å²) in [6, 6.07) is 18.9. The quantitative estimate of drug-likeness (QED) is 0.543. The van der Waals surface area contributed by atoms with Gasteiger partial charge in [0.15, 0.2) is 5.96 Å². The van der Waals surface area contributed by atoms with Crippen LogP contribution < -0.4 is 10.6 Å². The van der Waals surface area contributed by atoms with Crippen LogP contribution in [0.4, 0.5) is 0 Å². The van der Waals surface area contributed by atoms with Gasteiger partial charge in [0.05, 0.1) is 13.2 Å². The molecule has 0 aliphatic carbocycles. The van der Waals surface area contributed by atoms with Crippen LogP contribution in [0.15, 0.2) is 59.6 Å². The molecule has 0 saturated heterocycles. The lowest BCUT2D eigenvalue weighted by Crippen LogP contribution is -2.38. The predicted octanol–water partition coefficient (Wildman–Crippen LogP) is 3.52. The van der Waals surface area contributed by atoms with Gasteiger partial charge in [0.2, 0.25) is 0 Å². The van der Waals surface area contributed by atoms with E-state index in [9.17, 15) is 0 Å². The van der Waals surface area contributed by atoms with Crippen LogP contribution in [0.25, 0.3) is 0 Å². The third kappa shape index (κ3) is 7.40. The van der Waals surface area contributed by atoms with Crippen molar-refractivity contribution < 1.29 is 4.74 Å². The van der Waals surface area contributed by atoms with Gasteiger partial charge in [-0.15, -0.1) is 0 Å². The van der Waals surface area contributed by atoms with E-state index < -0.39 is 0 Å². The largest absolute Gasteiger partial charge is 0.377 e. The van der Waals surface area contributed by atoms with Crippen LogP contribution in [0, 0.1) is 0 Å². The van der Waals surface area contributed by atoms with Crippen LogP contribution >= 0.6 is 0 Å². The van der Waals surface area contributed by atoms with Gasteiger partial charge in [-0.25, -0.2) is 4.99 Å². The molecule has 0 saturated carbocycles. The van der Waals surface area contributed by atoms with E-state index in [4.69, 9.17) is 4.74 Å². The average Bonchev–Trinajstić information content (AvgIpc) is 2.66. The molecule has 0 fully saturated rings. The summed E-state index contributed by atoms with van der Waals surface area (Å²) in [5.74, 6) is 0.858. The summed E-state index contributed by atoms with van der Waals surface area (Å²) in [6.45, 7) is 7.88. The summed E-state index contributed by atoms with van der Waals surface area (Å²) < 4.78 is 5.42. The average molecular weight is 339 g/mol. The molecule has 0 aliphatic rings. The first-order chi connectivity index (χ1) is 12.3. The van der Waals surface area contributed by atoms with Gasteiger partial charge in [-0.1, -0.05) is 54.6 Å². The first-order valence-corrected chi connectivity index (χ1v) is 9.03. The molecular weight excluding hydrogens is 310 g/mol. The maximum atomic E-state index is 5.42. The van der Waals surface area contributed by atoms with E-state index in [0.717, 1.165) is 32.1 Å². The van der Waals surface area contributed by atoms with E-state index in [2.05, 4.69) is 71.1 Å². The molecule has 4 nitrogen and oxygen atoms in total. The Kier molecular flexibility index (Phi) is 8.56. The van der Waals surface area contributed by atoms with Gasteiger partial charge in [0.25, 0.3) is 0 Å². The molecule has 0 amide bonds. The molecule has 2 rings (SSSR count). The van der Waals surface area contributed by atoms with Crippen LogP contribution in [-0.2, 0) is 24.3 Å². The van der Waals surface area contributed by atoms with Crippen molar-refractivity contribution in [1.82, 2.24) is 10.6 Å². The minimum absolute atomic E-state index is 0.662. The topological polar surface area (TPSA) is 45.7 Å². The number of aliphatic imine (C=N–C) groups is 1.